The molecule has 4 nitrogen and oxygen atoms in total. The van der Waals surface area contributed by atoms with Gasteiger partial charge in [0.05, 0.1) is 6.61 Å². The molecule has 1 aromatic carbocycles. The van der Waals surface area contributed by atoms with Crippen LogP contribution >= 0.6 is 0 Å². The largest absolute Gasteiger partial charge is 0.465 e. The maximum Gasteiger partial charge on any atom is 0.324 e. The van der Waals surface area contributed by atoms with Crippen molar-refractivity contribution in [3.05, 3.63) is 35.4 Å². The van der Waals surface area contributed by atoms with E-state index in [-0.39, 0.29) is 17.7 Å². The van der Waals surface area contributed by atoms with E-state index in [2.05, 4.69) is 4.90 Å². The van der Waals surface area contributed by atoms with Gasteiger partial charge in [-0.25, -0.2) is 0 Å². The fourth-order valence-electron chi connectivity index (χ4n) is 3.91. The molecule has 0 saturated carbocycles. The van der Waals surface area contributed by atoms with Gasteiger partial charge in [0.25, 0.3) is 0 Å². The smallest absolute Gasteiger partial charge is 0.324 e. The van der Waals surface area contributed by atoms with Gasteiger partial charge in [0, 0.05) is 11.5 Å². The number of likely N-dealkylation sites (tertiary alicyclic amines) is 1. The Bertz CT molecular complexity index is 578. The molecule has 4 heteroatoms. The highest BCUT2D eigenvalue weighted by Gasteiger charge is 2.41. The number of ether oxygens (including phenoxy) is 1. The molecule has 0 aromatic heterocycles. The van der Waals surface area contributed by atoms with E-state index < -0.39 is 6.04 Å². The third kappa shape index (κ3) is 3.32. The van der Waals surface area contributed by atoms with Gasteiger partial charge in [0.2, 0.25) is 0 Å². The van der Waals surface area contributed by atoms with Gasteiger partial charge in [-0.3, -0.25) is 14.5 Å². The number of Topliss-reactive ketones (excluding diaryl/α,β-unsaturated/α-hetero) is 1. The van der Waals surface area contributed by atoms with Gasteiger partial charge in [-0.15, -0.1) is 0 Å². The Morgan fingerprint density at radius 1 is 1.26 bits per heavy atom. The average molecular weight is 315 g/mol. The summed E-state index contributed by atoms with van der Waals surface area (Å²) in [6.45, 7) is 3.95. The second-order valence-corrected chi connectivity index (χ2v) is 6.46. The van der Waals surface area contributed by atoms with E-state index in [9.17, 15) is 9.59 Å². The zero-order valence-corrected chi connectivity index (χ0v) is 13.8. The molecule has 2 atom stereocenters. The minimum Gasteiger partial charge on any atom is -0.465 e. The number of aryl methyl sites for hydroxylation is 1. The molecule has 0 N–H and O–H groups in total. The Hall–Kier alpha value is -1.68. The monoisotopic (exact) mass is 315 g/mol. The van der Waals surface area contributed by atoms with Crippen molar-refractivity contribution in [1.82, 2.24) is 4.90 Å². The average Bonchev–Trinajstić information content (AvgIpc) is 2.59. The predicted molar refractivity (Wildman–Crippen MR) is 88.4 cm³/mol. The first-order valence-electron chi connectivity index (χ1n) is 8.75. The molecule has 1 heterocycles. The third-order valence-electron chi connectivity index (χ3n) is 5.04. The number of fused-ring (bicyclic) bond motifs is 1. The third-order valence-corrected chi connectivity index (χ3v) is 5.04. The second-order valence-electron chi connectivity index (χ2n) is 6.46. The first-order valence-corrected chi connectivity index (χ1v) is 8.75. The number of nitrogens with zero attached hydrogens (tertiary/aromatic N) is 1. The first kappa shape index (κ1) is 16.2. The number of carbonyl (C=O) groups excluding carboxylic acids is 2. The van der Waals surface area contributed by atoms with Crippen LogP contribution in [0.3, 0.4) is 0 Å². The summed E-state index contributed by atoms with van der Waals surface area (Å²) in [5.74, 6) is -0.398. The van der Waals surface area contributed by atoms with Crippen LogP contribution in [-0.4, -0.2) is 42.4 Å². The van der Waals surface area contributed by atoms with Crippen LogP contribution in [0.15, 0.2) is 24.3 Å². The minimum absolute atomic E-state index is 0.107. The van der Waals surface area contributed by atoms with E-state index in [4.69, 9.17) is 4.74 Å². The maximum absolute atomic E-state index is 13.0. The van der Waals surface area contributed by atoms with Crippen LogP contribution in [0.4, 0.5) is 0 Å². The summed E-state index contributed by atoms with van der Waals surface area (Å²) in [7, 11) is 0. The molecule has 0 spiro atoms. The molecule has 1 aromatic rings. The molecule has 0 amide bonds. The summed E-state index contributed by atoms with van der Waals surface area (Å²) < 4.78 is 5.31. The molecule has 3 rings (SSSR count). The summed E-state index contributed by atoms with van der Waals surface area (Å²) in [5, 5.41) is 0. The molecular weight excluding hydrogens is 290 g/mol. The predicted octanol–water partition coefficient (Wildman–Crippen LogP) is 2.85. The number of rotatable bonds is 4. The number of ketones is 1. The Balaban J connectivity index is 1.87. The molecule has 1 fully saturated rings. The molecule has 2 aliphatic rings. The van der Waals surface area contributed by atoms with Crippen LogP contribution in [0, 0.1) is 5.92 Å². The number of carbonyl (C=O) groups is 2. The summed E-state index contributed by atoms with van der Waals surface area (Å²) in [4.78, 5) is 27.7. The molecule has 23 heavy (non-hydrogen) atoms. The van der Waals surface area contributed by atoms with Gasteiger partial charge >= 0.3 is 5.97 Å². The van der Waals surface area contributed by atoms with E-state index in [1.165, 1.54) is 6.42 Å². The van der Waals surface area contributed by atoms with Crippen LogP contribution in [0.1, 0.15) is 48.5 Å². The quantitative estimate of drug-likeness (QED) is 0.802. The number of piperidine rings is 1. The van der Waals surface area contributed by atoms with Gasteiger partial charge in [-0.1, -0.05) is 30.7 Å². The maximum atomic E-state index is 13.0. The van der Waals surface area contributed by atoms with Gasteiger partial charge < -0.3 is 4.74 Å². The van der Waals surface area contributed by atoms with Crippen molar-refractivity contribution in [2.24, 2.45) is 5.92 Å². The fraction of sp³-hybridized carbons (Fsp3) is 0.579. The van der Waals surface area contributed by atoms with E-state index in [1.807, 2.05) is 31.2 Å². The molecule has 0 unspecified atom stereocenters. The molecule has 1 saturated heterocycles. The lowest BCUT2D eigenvalue weighted by Crippen LogP contribution is -2.52. The van der Waals surface area contributed by atoms with E-state index in [0.29, 0.717) is 6.61 Å². The fourth-order valence-corrected chi connectivity index (χ4v) is 3.91. The minimum atomic E-state index is -0.420. The number of esters is 1. The van der Waals surface area contributed by atoms with Crippen LogP contribution in [-0.2, 0) is 16.0 Å². The lowest BCUT2D eigenvalue weighted by atomic mass is 9.78. The van der Waals surface area contributed by atoms with Crippen molar-refractivity contribution in [3.63, 3.8) is 0 Å². The molecule has 124 valence electrons. The summed E-state index contributed by atoms with van der Waals surface area (Å²) >= 11 is 0. The van der Waals surface area contributed by atoms with Crippen LogP contribution < -0.4 is 0 Å². The zero-order valence-electron chi connectivity index (χ0n) is 13.8. The molecule has 0 radical (unpaired) electrons. The second kappa shape index (κ2) is 7.26. The summed E-state index contributed by atoms with van der Waals surface area (Å²) in [6, 6.07) is 7.36. The first-order chi connectivity index (χ1) is 11.2. The van der Waals surface area contributed by atoms with Gasteiger partial charge in [-0.2, -0.15) is 0 Å². The highest BCUT2D eigenvalue weighted by Crippen LogP contribution is 2.31. The SMILES string of the molecule is CCOC(=O)[C@H]([C@H]1CCc2ccccc2C1=O)N1CCCCC1. The Labute approximate surface area is 137 Å². The van der Waals surface area contributed by atoms with Crippen LogP contribution in [0.2, 0.25) is 0 Å². The van der Waals surface area contributed by atoms with Gasteiger partial charge in [0.1, 0.15) is 6.04 Å². The number of hydrogen-bond acceptors (Lipinski definition) is 4. The summed E-state index contributed by atoms with van der Waals surface area (Å²) in [5.41, 5.74) is 1.89. The Morgan fingerprint density at radius 3 is 2.74 bits per heavy atom. The number of hydrogen-bond donors (Lipinski definition) is 0. The topological polar surface area (TPSA) is 46.6 Å². The van der Waals surface area contributed by atoms with Crippen molar-refractivity contribution >= 4 is 11.8 Å². The van der Waals surface area contributed by atoms with E-state index in [1.54, 1.807) is 0 Å². The van der Waals surface area contributed by atoms with Crippen LogP contribution in [0.25, 0.3) is 0 Å². The van der Waals surface area contributed by atoms with E-state index >= 15 is 0 Å². The number of benzene rings is 1. The Kier molecular flexibility index (Phi) is 5.11. The lowest BCUT2D eigenvalue weighted by Gasteiger charge is -2.38. The van der Waals surface area contributed by atoms with Gasteiger partial charge in [0.15, 0.2) is 5.78 Å². The van der Waals surface area contributed by atoms with Crippen LogP contribution in [0.5, 0.6) is 0 Å². The van der Waals surface area contributed by atoms with Crippen molar-refractivity contribution < 1.29 is 14.3 Å². The molecule has 1 aliphatic carbocycles. The van der Waals surface area contributed by atoms with Gasteiger partial charge in [-0.05, 0) is 51.3 Å². The summed E-state index contributed by atoms with van der Waals surface area (Å²) in [6.07, 6.45) is 4.97. The van der Waals surface area contributed by atoms with Crippen molar-refractivity contribution in [1.29, 1.82) is 0 Å². The standard InChI is InChI=1S/C19H25NO3/c1-2-23-19(22)17(20-12-6-3-7-13-20)16-11-10-14-8-4-5-9-15(14)18(16)21/h4-5,8-9,16-17H,2-3,6-7,10-13H2,1H3/t16-,17+/m1/s1. The highest BCUT2D eigenvalue weighted by atomic mass is 16.5. The Morgan fingerprint density at radius 2 is 2.00 bits per heavy atom. The van der Waals surface area contributed by atoms with Crippen molar-refractivity contribution in [2.45, 2.75) is 45.1 Å². The molecular formula is C19H25NO3. The highest BCUT2D eigenvalue weighted by molar-refractivity contribution is 6.02. The molecule has 1 aliphatic heterocycles. The zero-order chi connectivity index (χ0) is 16.2. The van der Waals surface area contributed by atoms with Crippen molar-refractivity contribution in [3.8, 4) is 0 Å². The van der Waals surface area contributed by atoms with E-state index in [0.717, 1.165) is 49.9 Å². The van der Waals surface area contributed by atoms with Crippen molar-refractivity contribution in [2.75, 3.05) is 19.7 Å². The molecule has 0 bridgehead atoms. The lowest BCUT2D eigenvalue weighted by molar-refractivity contribution is -0.151. The normalized spacial score (nSPS) is 23.2.